The van der Waals surface area contributed by atoms with Gasteiger partial charge in [0.2, 0.25) is 10.0 Å². The lowest BCUT2D eigenvalue weighted by Gasteiger charge is -2.19. The molecule has 2 aromatic rings. The van der Waals surface area contributed by atoms with Gasteiger partial charge in [0, 0.05) is 30.4 Å². The number of sulfonamides is 1. The van der Waals surface area contributed by atoms with Gasteiger partial charge in [0.25, 0.3) is 5.91 Å². The largest absolute Gasteiger partial charge is 0.497 e. The Morgan fingerprint density at radius 1 is 1.07 bits per heavy atom. The second kappa shape index (κ2) is 8.41. The number of nitrogens with one attached hydrogen (secondary N) is 1. The topological polar surface area (TPSA) is 84.9 Å². The molecule has 0 fully saturated rings. The molecule has 0 aliphatic heterocycles. The van der Waals surface area contributed by atoms with E-state index in [4.69, 9.17) is 9.47 Å². The fourth-order valence-corrected chi connectivity index (χ4v) is 3.97. The molecule has 2 aromatic carbocycles. The molecule has 0 atom stereocenters. The summed E-state index contributed by atoms with van der Waals surface area (Å²) in [6, 6.07) is 11.1. The van der Waals surface area contributed by atoms with Crippen LogP contribution in [0.1, 0.15) is 24.2 Å². The van der Waals surface area contributed by atoms with E-state index in [1.165, 1.54) is 30.2 Å². The Labute approximate surface area is 160 Å². The van der Waals surface area contributed by atoms with Crippen molar-refractivity contribution in [2.24, 2.45) is 0 Å². The summed E-state index contributed by atoms with van der Waals surface area (Å²) in [5.41, 5.74) is 0.852. The summed E-state index contributed by atoms with van der Waals surface area (Å²) in [6.07, 6.45) is 0. The quantitative estimate of drug-likeness (QED) is 0.783. The number of anilines is 1. The van der Waals surface area contributed by atoms with Crippen LogP contribution in [0.2, 0.25) is 0 Å². The zero-order chi connectivity index (χ0) is 20.2. The smallest absolute Gasteiger partial charge is 0.258 e. The highest BCUT2D eigenvalue weighted by atomic mass is 32.2. The third-order valence-electron chi connectivity index (χ3n) is 3.84. The van der Waals surface area contributed by atoms with Crippen molar-refractivity contribution in [2.45, 2.75) is 24.8 Å². The lowest BCUT2D eigenvalue weighted by atomic mass is 10.1. The van der Waals surface area contributed by atoms with Crippen LogP contribution in [0.3, 0.4) is 0 Å². The van der Waals surface area contributed by atoms with E-state index in [2.05, 4.69) is 4.72 Å². The molecule has 0 bridgehead atoms. The number of rotatable bonds is 7. The number of ether oxygens (including phenoxy) is 2. The molecule has 0 unspecified atom stereocenters. The molecular weight excluding hydrogens is 368 g/mol. The summed E-state index contributed by atoms with van der Waals surface area (Å²) in [7, 11) is 0.715. The van der Waals surface area contributed by atoms with E-state index in [0.717, 1.165) is 0 Å². The van der Waals surface area contributed by atoms with E-state index in [1.807, 2.05) is 0 Å². The first-order chi connectivity index (χ1) is 12.7. The van der Waals surface area contributed by atoms with Crippen LogP contribution in [0.4, 0.5) is 5.69 Å². The SMILES string of the molecule is COc1cccc(N(C)C(=O)c2ccc(OC)c(S(=O)(=O)NC(C)C)c2)c1. The lowest BCUT2D eigenvalue weighted by molar-refractivity contribution is 0.0992. The molecular formula is C19H24N2O5S. The molecule has 0 saturated carbocycles. The second-order valence-electron chi connectivity index (χ2n) is 6.21. The first-order valence-electron chi connectivity index (χ1n) is 8.32. The van der Waals surface area contributed by atoms with Gasteiger partial charge in [0.1, 0.15) is 16.4 Å². The van der Waals surface area contributed by atoms with E-state index in [9.17, 15) is 13.2 Å². The monoisotopic (exact) mass is 392 g/mol. The number of hydrogen-bond acceptors (Lipinski definition) is 5. The zero-order valence-corrected chi connectivity index (χ0v) is 16.8. The minimum Gasteiger partial charge on any atom is -0.497 e. The first kappa shape index (κ1) is 20.7. The molecule has 2 rings (SSSR count). The highest BCUT2D eigenvalue weighted by Gasteiger charge is 2.24. The van der Waals surface area contributed by atoms with Crippen LogP contribution in [-0.4, -0.2) is 41.6 Å². The molecule has 0 heterocycles. The number of hydrogen-bond donors (Lipinski definition) is 1. The van der Waals surface area contributed by atoms with E-state index in [-0.39, 0.29) is 28.2 Å². The van der Waals surface area contributed by atoms with Crippen molar-refractivity contribution in [3.63, 3.8) is 0 Å². The predicted molar refractivity (Wildman–Crippen MR) is 104 cm³/mol. The predicted octanol–water partition coefficient (Wildman–Crippen LogP) is 2.67. The molecule has 0 aliphatic carbocycles. The van der Waals surface area contributed by atoms with Crippen molar-refractivity contribution in [1.82, 2.24) is 4.72 Å². The van der Waals surface area contributed by atoms with E-state index in [1.54, 1.807) is 52.3 Å². The maximum Gasteiger partial charge on any atom is 0.258 e. The van der Waals surface area contributed by atoms with Crippen LogP contribution in [0, 0.1) is 0 Å². The van der Waals surface area contributed by atoms with Gasteiger partial charge in [-0.15, -0.1) is 0 Å². The summed E-state index contributed by atoms with van der Waals surface area (Å²) in [5.74, 6) is 0.432. The number of benzene rings is 2. The highest BCUT2D eigenvalue weighted by Crippen LogP contribution is 2.27. The molecule has 1 N–H and O–H groups in total. The van der Waals surface area contributed by atoms with Crippen molar-refractivity contribution in [2.75, 3.05) is 26.2 Å². The fourth-order valence-electron chi connectivity index (χ4n) is 2.52. The standard InChI is InChI=1S/C19H24N2O5S/c1-13(2)20-27(23,24)18-11-14(9-10-17(18)26-5)19(22)21(3)15-7-6-8-16(12-15)25-4/h6-13,20H,1-5H3. The highest BCUT2D eigenvalue weighted by molar-refractivity contribution is 7.89. The van der Waals surface area contributed by atoms with Gasteiger partial charge in [-0.25, -0.2) is 13.1 Å². The molecule has 0 radical (unpaired) electrons. The molecule has 8 heteroatoms. The molecule has 0 spiro atoms. The second-order valence-corrected chi connectivity index (χ2v) is 7.89. The maximum absolute atomic E-state index is 12.9. The summed E-state index contributed by atoms with van der Waals surface area (Å²) in [6.45, 7) is 3.44. The molecule has 7 nitrogen and oxygen atoms in total. The number of nitrogens with zero attached hydrogens (tertiary/aromatic N) is 1. The average molecular weight is 392 g/mol. The normalized spacial score (nSPS) is 11.3. The van der Waals surface area contributed by atoms with Crippen LogP contribution >= 0.6 is 0 Å². The summed E-state index contributed by atoms with van der Waals surface area (Å²) in [4.78, 5) is 14.2. The third-order valence-corrected chi connectivity index (χ3v) is 5.52. The molecule has 0 saturated heterocycles. The Balaban J connectivity index is 2.43. The average Bonchev–Trinajstić information content (AvgIpc) is 2.65. The Morgan fingerprint density at radius 3 is 2.37 bits per heavy atom. The summed E-state index contributed by atoms with van der Waals surface area (Å²) in [5, 5.41) is 0. The Morgan fingerprint density at radius 2 is 1.78 bits per heavy atom. The van der Waals surface area contributed by atoms with Crippen LogP contribution in [0.25, 0.3) is 0 Å². The van der Waals surface area contributed by atoms with Crippen molar-refractivity contribution in [1.29, 1.82) is 0 Å². The van der Waals surface area contributed by atoms with Crippen LogP contribution in [0.15, 0.2) is 47.4 Å². The molecule has 0 aromatic heterocycles. The molecule has 0 aliphatic rings. The van der Waals surface area contributed by atoms with Gasteiger partial charge < -0.3 is 14.4 Å². The van der Waals surface area contributed by atoms with Gasteiger partial charge in [-0.05, 0) is 44.2 Å². The third kappa shape index (κ3) is 4.78. The Hall–Kier alpha value is -2.58. The van der Waals surface area contributed by atoms with Crippen LogP contribution in [-0.2, 0) is 10.0 Å². The minimum absolute atomic E-state index is 0.0800. The van der Waals surface area contributed by atoms with Crippen molar-refractivity contribution in [3.05, 3.63) is 48.0 Å². The van der Waals surface area contributed by atoms with Crippen LogP contribution in [0.5, 0.6) is 11.5 Å². The molecule has 146 valence electrons. The minimum atomic E-state index is -3.83. The summed E-state index contributed by atoms with van der Waals surface area (Å²) >= 11 is 0. The van der Waals surface area contributed by atoms with Crippen molar-refractivity contribution in [3.8, 4) is 11.5 Å². The van der Waals surface area contributed by atoms with Gasteiger partial charge >= 0.3 is 0 Å². The summed E-state index contributed by atoms with van der Waals surface area (Å²) < 4.78 is 38.0. The van der Waals surface area contributed by atoms with Gasteiger partial charge in [0.05, 0.1) is 14.2 Å². The molecule has 1 amide bonds. The number of carbonyl (C=O) groups excluding carboxylic acids is 1. The van der Waals surface area contributed by atoms with E-state index in [0.29, 0.717) is 11.4 Å². The van der Waals surface area contributed by atoms with Crippen LogP contribution < -0.4 is 19.1 Å². The van der Waals surface area contributed by atoms with Crippen molar-refractivity contribution < 1.29 is 22.7 Å². The number of carbonyl (C=O) groups is 1. The van der Waals surface area contributed by atoms with Gasteiger partial charge in [-0.2, -0.15) is 0 Å². The van der Waals surface area contributed by atoms with Gasteiger partial charge in [-0.1, -0.05) is 6.07 Å². The first-order valence-corrected chi connectivity index (χ1v) is 9.80. The fraction of sp³-hybridized carbons (Fsp3) is 0.316. The Bertz CT molecular complexity index is 925. The zero-order valence-electron chi connectivity index (χ0n) is 16.0. The Kier molecular flexibility index (Phi) is 6.45. The lowest BCUT2D eigenvalue weighted by Crippen LogP contribution is -2.31. The number of methoxy groups -OCH3 is 2. The van der Waals surface area contributed by atoms with Gasteiger partial charge in [0.15, 0.2) is 0 Å². The number of amides is 1. The van der Waals surface area contributed by atoms with Gasteiger partial charge in [-0.3, -0.25) is 4.79 Å². The van der Waals surface area contributed by atoms with E-state index >= 15 is 0 Å². The maximum atomic E-state index is 12.9. The van der Waals surface area contributed by atoms with E-state index < -0.39 is 10.0 Å². The molecule has 27 heavy (non-hydrogen) atoms. The van der Waals surface area contributed by atoms with Crippen molar-refractivity contribution >= 4 is 21.6 Å².